The van der Waals surface area contributed by atoms with Gasteiger partial charge in [-0.2, -0.15) is 0 Å². The molecule has 1 heteroatoms. The molecule has 0 N–H and O–H groups in total. The van der Waals surface area contributed by atoms with Crippen LogP contribution in [0.3, 0.4) is 0 Å². The normalized spacial score (nSPS) is 20.9. The van der Waals surface area contributed by atoms with Crippen molar-refractivity contribution in [1.82, 2.24) is 0 Å². The predicted molar refractivity (Wildman–Crippen MR) is 62.1 cm³/mol. The molecule has 0 amide bonds. The lowest BCUT2D eigenvalue weighted by Crippen LogP contribution is -2.30. The molecule has 1 nitrogen and oxygen atoms in total. The summed E-state index contributed by atoms with van der Waals surface area (Å²) in [4.78, 5) is 2.38. The largest absolute Gasteiger partial charge is 0.374 e. The lowest BCUT2D eigenvalue weighted by atomic mass is 9.91. The van der Waals surface area contributed by atoms with Crippen LogP contribution in [0.15, 0.2) is 12.1 Å². The Bertz CT molecular complexity index is 354. The van der Waals surface area contributed by atoms with Crippen molar-refractivity contribution < 1.29 is 0 Å². The summed E-state index contributed by atoms with van der Waals surface area (Å²) < 4.78 is 0. The van der Waals surface area contributed by atoms with Gasteiger partial charge in [-0.25, -0.2) is 0 Å². The molecule has 1 aliphatic rings. The maximum absolute atomic E-state index is 2.38. The molecule has 0 bridgehead atoms. The molecule has 1 aliphatic heterocycles. The minimum Gasteiger partial charge on any atom is -0.374 e. The number of anilines is 1. The van der Waals surface area contributed by atoms with E-state index in [1.165, 1.54) is 35.3 Å². The van der Waals surface area contributed by atoms with Crippen LogP contribution < -0.4 is 4.90 Å². The van der Waals surface area contributed by atoms with Gasteiger partial charge in [0, 0.05) is 19.3 Å². The number of benzene rings is 1. The van der Waals surface area contributed by atoms with Crippen LogP contribution in [-0.2, 0) is 6.42 Å². The Morgan fingerprint density at radius 2 is 1.86 bits per heavy atom. The molecular weight excluding hydrogens is 170 g/mol. The summed E-state index contributed by atoms with van der Waals surface area (Å²) in [5.74, 6) is 0.787. The van der Waals surface area contributed by atoms with Gasteiger partial charge in [0.2, 0.25) is 0 Å². The molecule has 0 fully saturated rings. The van der Waals surface area contributed by atoms with Crippen molar-refractivity contribution in [2.24, 2.45) is 5.92 Å². The van der Waals surface area contributed by atoms with Crippen molar-refractivity contribution in [2.75, 3.05) is 18.5 Å². The lowest BCUT2D eigenvalue weighted by molar-refractivity contribution is 0.551. The third-order valence-corrected chi connectivity index (χ3v) is 3.26. The van der Waals surface area contributed by atoms with E-state index in [1.807, 2.05) is 0 Å². The van der Waals surface area contributed by atoms with Gasteiger partial charge in [0.05, 0.1) is 0 Å². The molecule has 1 unspecified atom stereocenters. The van der Waals surface area contributed by atoms with Gasteiger partial charge >= 0.3 is 0 Å². The summed E-state index contributed by atoms with van der Waals surface area (Å²) in [5, 5.41) is 0. The number of hydrogen-bond donors (Lipinski definition) is 0. The highest BCUT2D eigenvalue weighted by Crippen LogP contribution is 2.30. The third kappa shape index (κ3) is 1.52. The summed E-state index contributed by atoms with van der Waals surface area (Å²) in [6.45, 7) is 7.92. The van der Waals surface area contributed by atoms with E-state index >= 15 is 0 Å². The number of aryl methyl sites for hydroxylation is 2. The Balaban J connectivity index is 2.49. The zero-order valence-electron chi connectivity index (χ0n) is 9.59. The van der Waals surface area contributed by atoms with Crippen LogP contribution in [0.2, 0.25) is 0 Å². The number of hydrogen-bond acceptors (Lipinski definition) is 1. The summed E-state index contributed by atoms with van der Waals surface area (Å²) in [7, 11) is 2.20. The van der Waals surface area contributed by atoms with Gasteiger partial charge in [-0.1, -0.05) is 13.0 Å². The SMILES string of the molecule is Cc1cc2c(cc1C)N(C)CC(C)C2. The first-order chi connectivity index (χ1) is 6.58. The predicted octanol–water partition coefficient (Wildman–Crippen LogP) is 2.93. The number of rotatable bonds is 0. The van der Waals surface area contributed by atoms with E-state index in [9.17, 15) is 0 Å². The van der Waals surface area contributed by atoms with Crippen molar-refractivity contribution in [3.05, 3.63) is 28.8 Å². The summed E-state index contributed by atoms with van der Waals surface area (Å²) in [6, 6.07) is 4.69. The molecule has 0 spiro atoms. The molecule has 1 heterocycles. The number of nitrogens with zero attached hydrogens (tertiary/aromatic N) is 1. The van der Waals surface area contributed by atoms with E-state index in [-0.39, 0.29) is 0 Å². The summed E-state index contributed by atoms with van der Waals surface area (Å²) in [6.07, 6.45) is 1.24. The molecular formula is C13H19N. The Morgan fingerprint density at radius 1 is 1.21 bits per heavy atom. The topological polar surface area (TPSA) is 3.24 Å². The Morgan fingerprint density at radius 3 is 2.57 bits per heavy atom. The molecule has 1 aromatic carbocycles. The minimum absolute atomic E-state index is 0.787. The van der Waals surface area contributed by atoms with Crippen molar-refractivity contribution >= 4 is 5.69 Å². The molecule has 0 aliphatic carbocycles. The van der Waals surface area contributed by atoms with Gasteiger partial charge in [-0.3, -0.25) is 0 Å². The van der Waals surface area contributed by atoms with Crippen LogP contribution in [0, 0.1) is 19.8 Å². The van der Waals surface area contributed by atoms with Crippen LogP contribution in [0.5, 0.6) is 0 Å². The second kappa shape index (κ2) is 3.30. The van der Waals surface area contributed by atoms with Crippen molar-refractivity contribution in [2.45, 2.75) is 27.2 Å². The Hall–Kier alpha value is -0.980. The van der Waals surface area contributed by atoms with Crippen LogP contribution in [0.25, 0.3) is 0 Å². The molecule has 0 saturated heterocycles. The lowest BCUT2D eigenvalue weighted by Gasteiger charge is -2.32. The fourth-order valence-corrected chi connectivity index (χ4v) is 2.39. The van der Waals surface area contributed by atoms with Crippen LogP contribution in [0.4, 0.5) is 5.69 Å². The third-order valence-electron chi connectivity index (χ3n) is 3.26. The van der Waals surface area contributed by atoms with Gasteiger partial charge in [0.25, 0.3) is 0 Å². The molecule has 14 heavy (non-hydrogen) atoms. The van der Waals surface area contributed by atoms with Gasteiger partial charge in [0.15, 0.2) is 0 Å². The average Bonchev–Trinajstić information content (AvgIpc) is 2.08. The van der Waals surface area contributed by atoms with Crippen molar-refractivity contribution in [3.63, 3.8) is 0 Å². The molecule has 1 atom stereocenters. The van der Waals surface area contributed by atoms with Gasteiger partial charge in [-0.15, -0.1) is 0 Å². The fourth-order valence-electron chi connectivity index (χ4n) is 2.39. The first-order valence-electron chi connectivity index (χ1n) is 5.39. The molecule has 2 rings (SSSR count). The van der Waals surface area contributed by atoms with Gasteiger partial charge < -0.3 is 4.90 Å². The highest BCUT2D eigenvalue weighted by atomic mass is 15.1. The molecule has 1 aromatic rings. The van der Waals surface area contributed by atoms with Crippen molar-refractivity contribution in [3.8, 4) is 0 Å². The first kappa shape index (κ1) is 9.57. The average molecular weight is 189 g/mol. The monoisotopic (exact) mass is 189 g/mol. The minimum atomic E-state index is 0.787. The summed E-state index contributed by atoms with van der Waals surface area (Å²) in [5.41, 5.74) is 5.79. The molecule has 0 radical (unpaired) electrons. The van der Waals surface area contributed by atoms with Crippen LogP contribution >= 0.6 is 0 Å². The van der Waals surface area contributed by atoms with Crippen molar-refractivity contribution in [1.29, 1.82) is 0 Å². The maximum atomic E-state index is 2.38. The highest BCUT2D eigenvalue weighted by Gasteiger charge is 2.19. The van der Waals surface area contributed by atoms with E-state index in [2.05, 4.69) is 44.9 Å². The van der Waals surface area contributed by atoms with Gasteiger partial charge in [-0.05, 0) is 48.9 Å². The highest BCUT2D eigenvalue weighted by molar-refractivity contribution is 5.58. The van der Waals surface area contributed by atoms with Crippen LogP contribution in [-0.4, -0.2) is 13.6 Å². The molecule has 76 valence electrons. The van der Waals surface area contributed by atoms with E-state index < -0.39 is 0 Å². The fraction of sp³-hybridized carbons (Fsp3) is 0.538. The van der Waals surface area contributed by atoms with E-state index in [0.29, 0.717) is 0 Å². The van der Waals surface area contributed by atoms with Crippen LogP contribution in [0.1, 0.15) is 23.6 Å². The summed E-state index contributed by atoms with van der Waals surface area (Å²) >= 11 is 0. The maximum Gasteiger partial charge on any atom is 0.0399 e. The smallest absolute Gasteiger partial charge is 0.0399 e. The van der Waals surface area contributed by atoms with Gasteiger partial charge in [0.1, 0.15) is 0 Å². The van der Waals surface area contributed by atoms with E-state index in [4.69, 9.17) is 0 Å². The quantitative estimate of drug-likeness (QED) is 0.606. The Kier molecular flexibility index (Phi) is 2.26. The first-order valence-corrected chi connectivity index (χ1v) is 5.39. The van der Waals surface area contributed by atoms with E-state index in [1.54, 1.807) is 0 Å². The second-order valence-corrected chi connectivity index (χ2v) is 4.75. The molecule has 0 aromatic heterocycles. The molecule has 0 saturated carbocycles. The number of fused-ring (bicyclic) bond motifs is 1. The van der Waals surface area contributed by atoms with E-state index in [0.717, 1.165) is 5.92 Å². The zero-order valence-corrected chi connectivity index (χ0v) is 9.59. The zero-order chi connectivity index (χ0) is 10.3. The second-order valence-electron chi connectivity index (χ2n) is 4.75. The Labute approximate surface area is 86.7 Å². The standard InChI is InChI=1S/C13H19N/c1-9-5-12-6-10(2)11(3)7-13(12)14(4)8-9/h6-7,9H,5,8H2,1-4H3.